The number of thioether (sulfide) groups is 1. The van der Waals surface area contributed by atoms with E-state index in [1.165, 1.54) is 21.2 Å². The SMILES string of the molecule is O=C(Nc1nnc(SCc2ccccc2)s1)c1ccc(CS(=O)(=O)N2CCOCC2)cc1. The van der Waals surface area contributed by atoms with Gasteiger partial charge in [0.1, 0.15) is 0 Å². The Kier molecular flexibility index (Phi) is 7.53. The molecule has 1 saturated heterocycles. The Morgan fingerprint density at radius 2 is 1.75 bits per heavy atom. The number of morpholine rings is 1. The molecule has 1 N–H and O–H groups in total. The number of aromatic nitrogens is 2. The molecule has 11 heteroatoms. The second-order valence-electron chi connectivity index (χ2n) is 7.07. The number of nitrogens with one attached hydrogen (secondary N) is 1. The van der Waals surface area contributed by atoms with Crippen molar-refractivity contribution in [3.05, 3.63) is 71.3 Å². The van der Waals surface area contributed by atoms with Crippen LogP contribution in [0.5, 0.6) is 0 Å². The van der Waals surface area contributed by atoms with Gasteiger partial charge in [0.15, 0.2) is 4.34 Å². The second-order valence-corrected chi connectivity index (χ2v) is 11.2. The Morgan fingerprint density at radius 3 is 2.47 bits per heavy atom. The molecule has 0 saturated carbocycles. The van der Waals surface area contributed by atoms with E-state index < -0.39 is 10.0 Å². The van der Waals surface area contributed by atoms with Gasteiger partial charge in [0.2, 0.25) is 15.2 Å². The van der Waals surface area contributed by atoms with Crippen LogP contribution >= 0.6 is 23.1 Å². The van der Waals surface area contributed by atoms with Crippen molar-refractivity contribution in [3.8, 4) is 0 Å². The fraction of sp³-hybridized carbons (Fsp3) is 0.286. The zero-order valence-electron chi connectivity index (χ0n) is 17.1. The van der Waals surface area contributed by atoms with E-state index in [0.717, 1.165) is 10.1 Å². The fourth-order valence-corrected chi connectivity index (χ4v) is 6.29. The molecular formula is C21H22N4O4S3. The zero-order chi connectivity index (χ0) is 22.4. The van der Waals surface area contributed by atoms with E-state index in [1.54, 1.807) is 36.0 Å². The van der Waals surface area contributed by atoms with Gasteiger partial charge in [-0.1, -0.05) is 65.6 Å². The van der Waals surface area contributed by atoms with Crippen molar-refractivity contribution in [1.29, 1.82) is 0 Å². The molecule has 2 heterocycles. The first kappa shape index (κ1) is 22.9. The monoisotopic (exact) mass is 490 g/mol. The average molecular weight is 491 g/mol. The lowest BCUT2D eigenvalue weighted by atomic mass is 10.1. The van der Waals surface area contributed by atoms with Crippen molar-refractivity contribution in [3.63, 3.8) is 0 Å². The minimum Gasteiger partial charge on any atom is -0.379 e. The van der Waals surface area contributed by atoms with Crippen LogP contribution in [0.1, 0.15) is 21.5 Å². The van der Waals surface area contributed by atoms with E-state index in [1.807, 2.05) is 30.3 Å². The Bertz CT molecular complexity index is 1150. The summed E-state index contributed by atoms with van der Waals surface area (Å²) in [6.45, 7) is 1.57. The number of carbonyl (C=O) groups excluding carboxylic acids is 1. The summed E-state index contributed by atoms with van der Waals surface area (Å²) in [5, 5.41) is 11.3. The van der Waals surface area contributed by atoms with E-state index >= 15 is 0 Å². The number of carbonyl (C=O) groups is 1. The number of nitrogens with zero attached hydrogens (tertiary/aromatic N) is 3. The van der Waals surface area contributed by atoms with Crippen LogP contribution in [-0.4, -0.2) is 55.1 Å². The average Bonchev–Trinajstić information content (AvgIpc) is 3.26. The molecule has 0 unspecified atom stereocenters. The largest absolute Gasteiger partial charge is 0.379 e. The standard InChI is InChI=1S/C21H22N4O4S3/c26-19(22-20-23-24-21(31-20)30-14-16-4-2-1-3-5-16)18-8-6-17(7-9-18)15-32(27,28)25-10-12-29-13-11-25/h1-9H,10-15H2,(H,22,23,26). The molecule has 3 aromatic rings. The minimum absolute atomic E-state index is 0.104. The van der Waals surface area contributed by atoms with Gasteiger partial charge in [-0.25, -0.2) is 8.42 Å². The maximum Gasteiger partial charge on any atom is 0.257 e. The first-order chi connectivity index (χ1) is 15.5. The highest BCUT2D eigenvalue weighted by Gasteiger charge is 2.24. The van der Waals surface area contributed by atoms with Gasteiger partial charge in [0.05, 0.1) is 19.0 Å². The van der Waals surface area contributed by atoms with E-state index in [9.17, 15) is 13.2 Å². The number of sulfonamides is 1. The first-order valence-electron chi connectivity index (χ1n) is 9.96. The van der Waals surface area contributed by atoms with Gasteiger partial charge in [-0.2, -0.15) is 4.31 Å². The third-order valence-corrected chi connectivity index (χ3v) is 8.65. The Balaban J connectivity index is 1.31. The van der Waals surface area contributed by atoms with Crippen molar-refractivity contribution in [2.24, 2.45) is 0 Å². The number of benzene rings is 2. The molecule has 8 nitrogen and oxygen atoms in total. The molecule has 32 heavy (non-hydrogen) atoms. The Labute approximate surface area is 195 Å². The van der Waals surface area contributed by atoms with Crippen molar-refractivity contribution in [1.82, 2.24) is 14.5 Å². The molecule has 0 bridgehead atoms. The van der Waals surface area contributed by atoms with Crippen molar-refractivity contribution >= 4 is 44.2 Å². The number of ether oxygens (including phenoxy) is 1. The van der Waals surface area contributed by atoms with Gasteiger partial charge in [0, 0.05) is 24.4 Å². The van der Waals surface area contributed by atoms with Crippen LogP contribution in [-0.2, 0) is 26.3 Å². The van der Waals surface area contributed by atoms with Crippen LogP contribution in [0.25, 0.3) is 0 Å². The van der Waals surface area contributed by atoms with Crippen molar-refractivity contribution in [2.75, 3.05) is 31.6 Å². The van der Waals surface area contributed by atoms with Gasteiger partial charge >= 0.3 is 0 Å². The van der Waals surface area contributed by atoms with Crippen molar-refractivity contribution < 1.29 is 17.9 Å². The van der Waals surface area contributed by atoms with Crippen LogP contribution < -0.4 is 5.32 Å². The molecule has 1 aliphatic heterocycles. The molecule has 0 aliphatic carbocycles. The fourth-order valence-electron chi connectivity index (χ4n) is 3.09. The summed E-state index contributed by atoms with van der Waals surface area (Å²) >= 11 is 2.88. The van der Waals surface area contributed by atoms with Crippen LogP contribution in [0.4, 0.5) is 5.13 Å². The number of amides is 1. The van der Waals surface area contributed by atoms with E-state index in [4.69, 9.17) is 4.74 Å². The molecule has 2 aromatic carbocycles. The molecule has 0 atom stereocenters. The van der Waals surface area contributed by atoms with Gasteiger partial charge in [-0.05, 0) is 23.3 Å². The van der Waals surface area contributed by atoms with Crippen LogP contribution in [0.15, 0.2) is 58.9 Å². The topological polar surface area (TPSA) is 101 Å². The summed E-state index contributed by atoms with van der Waals surface area (Å²) in [6.07, 6.45) is 0. The number of hydrogen-bond acceptors (Lipinski definition) is 8. The third kappa shape index (κ3) is 6.14. The van der Waals surface area contributed by atoms with E-state index in [0.29, 0.717) is 42.6 Å². The summed E-state index contributed by atoms with van der Waals surface area (Å²) in [5.41, 5.74) is 2.24. The minimum atomic E-state index is -3.41. The lowest BCUT2D eigenvalue weighted by Crippen LogP contribution is -2.41. The lowest BCUT2D eigenvalue weighted by molar-refractivity contribution is 0.0729. The van der Waals surface area contributed by atoms with Gasteiger partial charge in [0.25, 0.3) is 5.91 Å². The third-order valence-electron chi connectivity index (χ3n) is 4.76. The highest BCUT2D eigenvalue weighted by Crippen LogP contribution is 2.28. The summed E-state index contributed by atoms with van der Waals surface area (Å²) in [7, 11) is -3.41. The van der Waals surface area contributed by atoms with Gasteiger partial charge < -0.3 is 4.74 Å². The van der Waals surface area contributed by atoms with Gasteiger partial charge in [-0.3, -0.25) is 10.1 Å². The molecule has 1 amide bonds. The molecule has 4 rings (SSSR count). The van der Waals surface area contributed by atoms with Crippen LogP contribution in [0.2, 0.25) is 0 Å². The molecular weight excluding hydrogens is 468 g/mol. The normalized spacial score (nSPS) is 14.9. The predicted octanol–water partition coefficient (Wildman–Crippen LogP) is 3.24. The number of anilines is 1. The molecule has 168 valence electrons. The summed E-state index contributed by atoms with van der Waals surface area (Å²) in [5.74, 6) is 0.356. The van der Waals surface area contributed by atoms with Crippen LogP contribution in [0, 0.1) is 0 Å². The summed E-state index contributed by atoms with van der Waals surface area (Å²) in [4.78, 5) is 12.5. The zero-order valence-corrected chi connectivity index (χ0v) is 19.6. The van der Waals surface area contributed by atoms with E-state index in [2.05, 4.69) is 15.5 Å². The lowest BCUT2D eigenvalue weighted by Gasteiger charge is -2.26. The molecule has 1 aromatic heterocycles. The van der Waals surface area contributed by atoms with Gasteiger partial charge in [-0.15, -0.1) is 10.2 Å². The molecule has 0 spiro atoms. The maximum absolute atomic E-state index is 12.5. The Hall–Kier alpha value is -2.31. The predicted molar refractivity (Wildman–Crippen MR) is 125 cm³/mol. The number of rotatable bonds is 8. The van der Waals surface area contributed by atoms with Crippen LogP contribution in [0.3, 0.4) is 0 Å². The summed E-state index contributed by atoms with van der Waals surface area (Å²) in [6, 6.07) is 16.6. The quantitative estimate of drug-likeness (QED) is 0.382. The Morgan fingerprint density at radius 1 is 1.03 bits per heavy atom. The summed E-state index contributed by atoms with van der Waals surface area (Å²) < 4.78 is 32.5. The highest BCUT2D eigenvalue weighted by molar-refractivity contribution is 8.00. The maximum atomic E-state index is 12.5. The number of hydrogen-bond donors (Lipinski definition) is 1. The molecule has 0 radical (unpaired) electrons. The highest BCUT2D eigenvalue weighted by atomic mass is 32.2. The molecule has 1 aliphatic rings. The smallest absolute Gasteiger partial charge is 0.257 e. The van der Waals surface area contributed by atoms with E-state index in [-0.39, 0.29) is 11.7 Å². The molecule has 1 fully saturated rings. The first-order valence-corrected chi connectivity index (χ1v) is 13.4. The second kappa shape index (κ2) is 10.5. The van der Waals surface area contributed by atoms with Crippen molar-refractivity contribution in [2.45, 2.75) is 15.8 Å².